The van der Waals surface area contributed by atoms with Crippen LogP contribution < -0.4 is 0 Å². The molecule has 28 heavy (non-hydrogen) atoms. The number of benzene rings is 3. The summed E-state index contributed by atoms with van der Waals surface area (Å²) < 4.78 is 0. The van der Waals surface area contributed by atoms with Crippen LogP contribution in [0.15, 0.2) is 72.1 Å². The Morgan fingerprint density at radius 2 is 1.61 bits per heavy atom. The summed E-state index contributed by atoms with van der Waals surface area (Å²) in [5, 5.41) is 13.4. The lowest BCUT2D eigenvalue weighted by Crippen LogP contribution is -2.02. The first-order chi connectivity index (χ1) is 13.5. The molecule has 4 rings (SSSR count). The summed E-state index contributed by atoms with van der Waals surface area (Å²) in [5.41, 5.74) is 3.89. The smallest absolute Gasteiger partial charge is 0.337 e. The monoisotopic (exact) mass is 425 g/mol. The van der Waals surface area contributed by atoms with Gasteiger partial charge in [-0.15, -0.1) is 11.3 Å². The molecule has 3 nitrogen and oxygen atoms in total. The number of aromatic nitrogens is 1. The van der Waals surface area contributed by atoms with Crippen molar-refractivity contribution < 1.29 is 9.90 Å². The lowest BCUT2D eigenvalue weighted by Gasteiger charge is -2.10. The fourth-order valence-electron chi connectivity index (χ4n) is 3.00. The molecular weight excluding hydrogens is 413 g/mol. The number of aromatic carboxylic acids is 1. The van der Waals surface area contributed by atoms with E-state index in [1.165, 1.54) is 11.3 Å². The Bertz CT molecular complexity index is 1170. The molecule has 0 saturated carbocycles. The minimum atomic E-state index is -0.985. The molecule has 0 fully saturated rings. The third kappa shape index (κ3) is 3.54. The molecule has 0 bridgehead atoms. The lowest BCUT2D eigenvalue weighted by atomic mass is 9.95. The first-order valence-corrected chi connectivity index (χ1v) is 10.0. The maximum Gasteiger partial charge on any atom is 0.337 e. The van der Waals surface area contributed by atoms with E-state index in [2.05, 4.69) is 4.98 Å². The second-order valence-electron chi connectivity index (χ2n) is 6.07. The molecule has 0 aliphatic carbocycles. The number of hydrogen-bond donors (Lipinski definition) is 1. The van der Waals surface area contributed by atoms with Gasteiger partial charge >= 0.3 is 5.97 Å². The zero-order valence-electron chi connectivity index (χ0n) is 14.4. The molecule has 0 atom stereocenters. The summed E-state index contributed by atoms with van der Waals surface area (Å²) in [7, 11) is 0. The molecule has 1 N–H and O–H groups in total. The summed E-state index contributed by atoms with van der Waals surface area (Å²) in [6.45, 7) is 0. The summed E-state index contributed by atoms with van der Waals surface area (Å²) in [6.07, 6.45) is 0. The normalized spacial score (nSPS) is 10.8. The molecule has 1 aromatic heterocycles. The largest absolute Gasteiger partial charge is 0.478 e. The van der Waals surface area contributed by atoms with Gasteiger partial charge in [-0.3, -0.25) is 0 Å². The fraction of sp³-hybridized carbons (Fsp3) is 0. The Morgan fingerprint density at radius 1 is 0.857 bits per heavy atom. The number of hydrogen-bond acceptors (Lipinski definition) is 3. The van der Waals surface area contributed by atoms with E-state index in [0.717, 1.165) is 16.8 Å². The summed E-state index contributed by atoms with van der Waals surface area (Å²) in [6, 6.07) is 20.2. The van der Waals surface area contributed by atoms with Crippen LogP contribution in [0.1, 0.15) is 10.4 Å². The molecule has 0 aliphatic rings. The highest BCUT2D eigenvalue weighted by Gasteiger charge is 2.20. The maximum atomic E-state index is 12.1. The molecule has 138 valence electrons. The Hall–Kier alpha value is -2.66. The van der Waals surface area contributed by atoms with Gasteiger partial charge in [0, 0.05) is 16.5 Å². The van der Waals surface area contributed by atoms with Crippen LogP contribution in [0.3, 0.4) is 0 Å². The number of halogens is 2. The van der Waals surface area contributed by atoms with Crippen molar-refractivity contribution in [3.05, 3.63) is 87.7 Å². The van der Waals surface area contributed by atoms with Gasteiger partial charge in [0.15, 0.2) is 0 Å². The highest BCUT2D eigenvalue weighted by atomic mass is 35.5. The number of carbonyl (C=O) groups is 1. The van der Waals surface area contributed by atoms with Crippen LogP contribution in [0.2, 0.25) is 10.0 Å². The van der Waals surface area contributed by atoms with Gasteiger partial charge in [0.2, 0.25) is 0 Å². The number of carboxylic acids is 1. The summed E-state index contributed by atoms with van der Waals surface area (Å²) in [4.78, 5) is 16.7. The van der Waals surface area contributed by atoms with E-state index >= 15 is 0 Å². The van der Waals surface area contributed by atoms with Gasteiger partial charge in [-0.25, -0.2) is 9.78 Å². The molecule has 4 aromatic rings. The first-order valence-electron chi connectivity index (χ1n) is 8.37. The Labute approximate surface area is 175 Å². The topological polar surface area (TPSA) is 50.2 Å². The van der Waals surface area contributed by atoms with Crippen LogP contribution in [-0.4, -0.2) is 16.1 Å². The van der Waals surface area contributed by atoms with Gasteiger partial charge in [0.25, 0.3) is 0 Å². The number of rotatable bonds is 4. The molecular formula is C22H13Cl2NO2S. The minimum Gasteiger partial charge on any atom is -0.478 e. The first kappa shape index (κ1) is 18.7. The molecule has 0 spiro atoms. The Kier molecular flexibility index (Phi) is 5.18. The van der Waals surface area contributed by atoms with Crippen LogP contribution in [0.4, 0.5) is 0 Å². The fourth-order valence-corrected chi connectivity index (χ4v) is 4.16. The van der Waals surface area contributed by atoms with Crippen LogP contribution in [0.5, 0.6) is 0 Å². The number of nitrogens with zero attached hydrogens (tertiary/aromatic N) is 1. The average Bonchev–Trinajstić information content (AvgIpc) is 3.20. The minimum absolute atomic E-state index is 0.240. The summed E-state index contributed by atoms with van der Waals surface area (Å²) >= 11 is 13.5. The molecule has 6 heteroatoms. The highest BCUT2D eigenvalue weighted by molar-refractivity contribution is 7.13. The maximum absolute atomic E-state index is 12.1. The zero-order chi connectivity index (χ0) is 19.7. The predicted octanol–water partition coefficient (Wildman–Crippen LogP) is 7.15. The Balaban J connectivity index is 1.83. The number of thiazole rings is 1. The average molecular weight is 426 g/mol. The van der Waals surface area contributed by atoms with Crippen LogP contribution in [-0.2, 0) is 0 Å². The van der Waals surface area contributed by atoms with Crippen molar-refractivity contribution in [2.45, 2.75) is 0 Å². The molecule has 3 aromatic carbocycles. The van der Waals surface area contributed by atoms with Crippen LogP contribution in [0, 0.1) is 0 Å². The van der Waals surface area contributed by atoms with Gasteiger partial charge in [-0.1, -0.05) is 77.8 Å². The zero-order valence-corrected chi connectivity index (χ0v) is 16.7. The molecule has 0 saturated heterocycles. The predicted molar refractivity (Wildman–Crippen MR) is 115 cm³/mol. The van der Waals surface area contributed by atoms with E-state index in [0.29, 0.717) is 26.2 Å². The van der Waals surface area contributed by atoms with E-state index in [4.69, 9.17) is 23.2 Å². The highest BCUT2D eigenvalue weighted by Crippen LogP contribution is 2.36. The van der Waals surface area contributed by atoms with E-state index in [9.17, 15) is 9.90 Å². The van der Waals surface area contributed by atoms with Gasteiger partial charge in [0.1, 0.15) is 5.01 Å². The van der Waals surface area contributed by atoms with Crippen molar-refractivity contribution in [1.82, 2.24) is 4.98 Å². The van der Waals surface area contributed by atoms with E-state index in [-0.39, 0.29) is 5.56 Å². The van der Waals surface area contributed by atoms with E-state index in [1.807, 2.05) is 53.9 Å². The van der Waals surface area contributed by atoms with Crippen LogP contribution >= 0.6 is 34.5 Å². The third-order valence-electron chi connectivity index (χ3n) is 4.31. The van der Waals surface area contributed by atoms with Crippen molar-refractivity contribution in [3.8, 4) is 33.0 Å². The number of carboxylic acid groups (broad SMARTS) is 1. The Morgan fingerprint density at radius 3 is 2.32 bits per heavy atom. The van der Waals surface area contributed by atoms with Crippen LogP contribution in [0.25, 0.3) is 33.0 Å². The lowest BCUT2D eigenvalue weighted by molar-refractivity contribution is 0.0698. The van der Waals surface area contributed by atoms with Crippen molar-refractivity contribution in [2.24, 2.45) is 0 Å². The quantitative estimate of drug-likeness (QED) is 0.377. The van der Waals surface area contributed by atoms with Gasteiger partial charge in [-0.2, -0.15) is 0 Å². The SMILES string of the molecule is O=C(O)c1c(-c2ccccc2)cccc1-c1nc(-c2ccc(Cl)c(Cl)c2)cs1. The summed E-state index contributed by atoms with van der Waals surface area (Å²) in [5.74, 6) is -0.985. The van der Waals surface area contributed by atoms with Gasteiger partial charge < -0.3 is 5.11 Å². The molecule has 0 amide bonds. The van der Waals surface area contributed by atoms with E-state index in [1.54, 1.807) is 18.2 Å². The van der Waals surface area contributed by atoms with Crippen molar-refractivity contribution in [1.29, 1.82) is 0 Å². The van der Waals surface area contributed by atoms with Crippen molar-refractivity contribution in [2.75, 3.05) is 0 Å². The molecule has 0 radical (unpaired) electrons. The second kappa shape index (κ2) is 7.76. The van der Waals surface area contributed by atoms with Crippen molar-refractivity contribution in [3.63, 3.8) is 0 Å². The standard InChI is InChI=1S/C22H13Cl2NO2S/c23-17-10-9-14(11-18(17)24)19-12-28-21(25-19)16-8-4-7-15(20(16)22(26)27)13-5-2-1-3-6-13/h1-12H,(H,26,27). The molecule has 0 aliphatic heterocycles. The van der Waals surface area contributed by atoms with E-state index < -0.39 is 5.97 Å². The van der Waals surface area contributed by atoms with Gasteiger partial charge in [-0.05, 0) is 23.3 Å². The molecule has 0 unspecified atom stereocenters. The van der Waals surface area contributed by atoms with Gasteiger partial charge in [0.05, 0.1) is 21.3 Å². The third-order valence-corrected chi connectivity index (χ3v) is 5.93. The molecule has 1 heterocycles. The van der Waals surface area contributed by atoms with Crippen molar-refractivity contribution >= 4 is 40.5 Å². The second-order valence-corrected chi connectivity index (χ2v) is 7.74.